The number of nitrogens with two attached hydrogens (primary N) is 1. The normalized spacial score (nSPS) is 16.3. The Bertz CT molecular complexity index is 454. The van der Waals surface area contributed by atoms with E-state index in [4.69, 9.17) is 15.2 Å². The first-order valence-electron chi connectivity index (χ1n) is 7.19. The molecular weight excluding hydrogens is 252 g/mol. The molecule has 0 aliphatic carbocycles. The van der Waals surface area contributed by atoms with Crippen LogP contribution in [-0.4, -0.2) is 38.3 Å². The molecule has 0 fully saturated rings. The topological polar surface area (TPSA) is 47.7 Å². The summed E-state index contributed by atoms with van der Waals surface area (Å²) in [5, 5.41) is 0. The van der Waals surface area contributed by atoms with Gasteiger partial charge >= 0.3 is 0 Å². The Morgan fingerprint density at radius 3 is 2.50 bits per heavy atom. The van der Waals surface area contributed by atoms with Gasteiger partial charge in [-0.15, -0.1) is 0 Å². The van der Waals surface area contributed by atoms with Crippen LogP contribution in [0.2, 0.25) is 0 Å². The molecule has 1 aromatic carbocycles. The third-order valence-corrected chi connectivity index (χ3v) is 3.25. The average Bonchev–Trinajstić information content (AvgIpc) is 2.35. The minimum Gasteiger partial charge on any atom is -0.486 e. The predicted molar refractivity (Wildman–Crippen MR) is 81.3 cm³/mol. The van der Waals surface area contributed by atoms with E-state index in [2.05, 4.69) is 32.7 Å². The fourth-order valence-corrected chi connectivity index (χ4v) is 2.61. The van der Waals surface area contributed by atoms with Crippen molar-refractivity contribution in [2.24, 2.45) is 11.1 Å². The molecule has 1 aliphatic heterocycles. The Kier molecular flexibility index (Phi) is 4.55. The first kappa shape index (κ1) is 15.1. The molecule has 1 heterocycles. The van der Waals surface area contributed by atoms with Gasteiger partial charge in [0.2, 0.25) is 0 Å². The van der Waals surface area contributed by atoms with Crippen LogP contribution in [0.5, 0.6) is 11.5 Å². The molecule has 0 bridgehead atoms. The molecule has 1 unspecified atom stereocenters. The van der Waals surface area contributed by atoms with Gasteiger partial charge < -0.3 is 20.1 Å². The second kappa shape index (κ2) is 6.02. The van der Waals surface area contributed by atoms with E-state index in [1.807, 2.05) is 18.2 Å². The first-order valence-corrected chi connectivity index (χ1v) is 7.19. The van der Waals surface area contributed by atoms with Gasteiger partial charge in [-0.3, -0.25) is 0 Å². The van der Waals surface area contributed by atoms with Crippen LogP contribution in [0.25, 0.3) is 0 Å². The van der Waals surface area contributed by atoms with E-state index >= 15 is 0 Å². The smallest absolute Gasteiger partial charge is 0.161 e. The van der Waals surface area contributed by atoms with E-state index in [0.717, 1.165) is 30.2 Å². The van der Waals surface area contributed by atoms with Gasteiger partial charge in [-0.2, -0.15) is 0 Å². The molecule has 4 heteroatoms. The summed E-state index contributed by atoms with van der Waals surface area (Å²) in [6.45, 7) is 9.78. The lowest BCUT2D eigenvalue weighted by molar-refractivity contribution is 0.171. The molecule has 4 nitrogen and oxygen atoms in total. The Morgan fingerprint density at radius 2 is 1.85 bits per heavy atom. The summed E-state index contributed by atoms with van der Waals surface area (Å²) < 4.78 is 11.1. The largest absolute Gasteiger partial charge is 0.486 e. The van der Waals surface area contributed by atoms with Gasteiger partial charge in [-0.25, -0.2) is 0 Å². The van der Waals surface area contributed by atoms with Crippen molar-refractivity contribution in [3.8, 4) is 11.5 Å². The molecule has 0 spiro atoms. The highest BCUT2D eigenvalue weighted by Gasteiger charge is 2.18. The van der Waals surface area contributed by atoms with Crippen LogP contribution in [-0.2, 0) is 0 Å². The highest BCUT2D eigenvalue weighted by molar-refractivity contribution is 5.44. The Hall–Kier alpha value is -1.26. The number of nitrogens with zero attached hydrogens (tertiary/aromatic N) is 1. The molecule has 0 aromatic heterocycles. The molecule has 20 heavy (non-hydrogen) atoms. The number of rotatable bonds is 4. The van der Waals surface area contributed by atoms with Gasteiger partial charge in [-0.1, -0.05) is 26.8 Å². The fraction of sp³-hybridized carbons (Fsp3) is 0.625. The van der Waals surface area contributed by atoms with Crippen LogP contribution >= 0.6 is 0 Å². The minimum absolute atomic E-state index is 0.0156. The van der Waals surface area contributed by atoms with Gasteiger partial charge in [0.25, 0.3) is 0 Å². The van der Waals surface area contributed by atoms with E-state index in [-0.39, 0.29) is 11.5 Å². The molecule has 1 atom stereocenters. The zero-order valence-corrected chi connectivity index (χ0v) is 13.0. The zero-order valence-electron chi connectivity index (χ0n) is 13.0. The quantitative estimate of drug-likeness (QED) is 0.919. The maximum atomic E-state index is 6.31. The lowest BCUT2D eigenvalue weighted by Crippen LogP contribution is -2.35. The third-order valence-electron chi connectivity index (χ3n) is 3.25. The Morgan fingerprint density at radius 1 is 1.20 bits per heavy atom. The summed E-state index contributed by atoms with van der Waals surface area (Å²) in [6, 6.07) is 5.97. The van der Waals surface area contributed by atoms with Crippen molar-refractivity contribution in [2.45, 2.75) is 26.8 Å². The van der Waals surface area contributed by atoms with E-state index in [0.29, 0.717) is 13.2 Å². The molecule has 1 aromatic rings. The second-order valence-electron chi connectivity index (χ2n) is 6.77. The van der Waals surface area contributed by atoms with Crippen molar-refractivity contribution in [1.82, 2.24) is 4.90 Å². The van der Waals surface area contributed by atoms with Crippen molar-refractivity contribution in [3.05, 3.63) is 23.8 Å². The van der Waals surface area contributed by atoms with Crippen molar-refractivity contribution in [1.29, 1.82) is 0 Å². The summed E-state index contributed by atoms with van der Waals surface area (Å²) in [7, 11) is 2.11. The van der Waals surface area contributed by atoms with Gasteiger partial charge in [0.05, 0.1) is 0 Å². The van der Waals surface area contributed by atoms with Gasteiger partial charge in [0, 0.05) is 19.1 Å². The van der Waals surface area contributed by atoms with Crippen LogP contribution < -0.4 is 15.2 Å². The van der Waals surface area contributed by atoms with E-state index in [9.17, 15) is 0 Å². The van der Waals surface area contributed by atoms with Gasteiger partial charge in [0.15, 0.2) is 11.5 Å². The number of hydrogen-bond acceptors (Lipinski definition) is 4. The second-order valence-corrected chi connectivity index (χ2v) is 6.77. The van der Waals surface area contributed by atoms with E-state index in [1.54, 1.807) is 0 Å². The molecule has 1 aliphatic rings. The predicted octanol–water partition coefficient (Wildman–Crippen LogP) is 2.44. The Balaban J connectivity index is 2.00. The Labute approximate surface area is 121 Å². The zero-order chi connectivity index (χ0) is 14.8. The number of hydrogen-bond donors (Lipinski definition) is 1. The SMILES string of the molecule is CN(CC(N)c1ccc2c(c1)OCCO2)CC(C)(C)C. The van der Waals surface area contributed by atoms with E-state index < -0.39 is 0 Å². The van der Waals surface area contributed by atoms with Crippen molar-refractivity contribution in [3.63, 3.8) is 0 Å². The van der Waals surface area contributed by atoms with Crippen LogP contribution in [0.15, 0.2) is 18.2 Å². The summed E-state index contributed by atoms with van der Waals surface area (Å²) in [6.07, 6.45) is 0. The monoisotopic (exact) mass is 278 g/mol. The number of benzene rings is 1. The minimum atomic E-state index is -0.0156. The average molecular weight is 278 g/mol. The highest BCUT2D eigenvalue weighted by atomic mass is 16.6. The summed E-state index contributed by atoms with van der Waals surface area (Å²) in [5.41, 5.74) is 7.68. The number of likely N-dealkylation sites (N-methyl/N-ethyl adjacent to an activating group) is 1. The molecule has 0 saturated carbocycles. The lowest BCUT2D eigenvalue weighted by atomic mass is 9.96. The van der Waals surface area contributed by atoms with Crippen molar-refractivity contribution >= 4 is 0 Å². The van der Waals surface area contributed by atoms with Crippen LogP contribution in [0, 0.1) is 5.41 Å². The molecule has 2 rings (SSSR count). The number of fused-ring (bicyclic) bond motifs is 1. The summed E-state index contributed by atoms with van der Waals surface area (Å²) in [5.74, 6) is 1.62. The maximum Gasteiger partial charge on any atom is 0.161 e. The lowest BCUT2D eigenvalue weighted by Gasteiger charge is -2.29. The van der Waals surface area contributed by atoms with E-state index in [1.165, 1.54) is 0 Å². The molecule has 0 saturated heterocycles. The fourth-order valence-electron chi connectivity index (χ4n) is 2.61. The van der Waals surface area contributed by atoms with Crippen LogP contribution in [0.4, 0.5) is 0 Å². The van der Waals surface area contributed by atoms with Crippen LogP contribution in [0.3, 0.4) is 0 Å². The molecule has 0 radical (unpaired) electrons. The standard InChI is InChI=1S/C16H26N2O2/c1-16(2,3)11-18(4)10-13(17)12-5-6-14-15(9-12)20-8-7-19-14/h5-6,9,13H,7-8,10-11,17H2,1-4H3. The van der Waals surface area contributed by atoms with Gasteiger partial charge in [-0.05, 0) is 30.2 Å². The maximum absolute atomic E-state index is 6.31. The first-order chi connectivity index (χ1) is 9.35. The molecular formula is C16H26N2O2. The molecule has 2 N–H and O–H groups in total. The summed E-state index contributed by atoms with van der Waals surface area (Å²) in [4.78, 5) is 2.28. The third kappa shape index (κ3) is 4.12. The molecule has 0 amide bonds. The van der Waals surface area contributed by atoms with Crippen molar-refractivity contribution < 1.29 is 9.47 Å². The van der Waals surface area contributed by atoms with Gasteiger partial charge in [0.1, 0.15) is 13.2 Å². The van der Waals surface area contributed by atoms with Crippen molar-refractivity contribution in [2.75, 3.05) is 33.4 Å². The van der Waals surface area contributed by atoms with Crippen LogP contribution in [0.1, 0.15) is 32.4 Å². The summed E-state index contributed by atoms with van der Waals surface area (Å²) >= 11 is 0. The number of ether oxygens (including phenoxy) is 2. The molecule has 112 valence electrons. The highest BCUT2D eigenvalue weighted by Crippen LogP contribution is 2.32.